The van der Waals surface area contributed by atoms with Gasteiger partial charge >= 0.3 is 0 Å². The van der Waals surface area contributed by atoms with Crippen LogP contribution >= 0.6 is 22.7 Å². The third kappa shape index (κ3) is 3.22. The standard InChI is InChI=1S/C15H15N3OS2/c1-11-7-14(21-9-11)15(19)16-8-13(12-3-6-20-10-12)18-5-2-4-17-18/h2-7,9-10,13H,8H2,1H3,(H,16,19). The molecule has 3 heterocycles. The zero-order chi connectivity index (χ0) is 14.7. The van der Waals surface area contributed by atoms with Gasteiger partial charge in [-0.1, -0.05) is 0 Å². The van der Waals surface area contributed by atoms with Gasteiger partial charge in [-0.05, 0) is 52.4 Å². The maximum absolute atomic E-state index is 12.2. The molecule has 0 aliphatic carbocycles. The number of nitrogens with zero attached hydrogens (tertiary/aromatic N) is 2. The van der Waals surface area contributed by atoms with Crippen LogP contribution in [-0.4, -0.2) is 22.2 Å². The summed E-state index contributed by atoms with van der Waals surface area (Å²) in [7, 11) is 0. The summed E-state index contributed by atoms with van der Waals surface area (Å²) in [6, 6.07) is 5.90. The van der Waals surface area contributed by atoms with Gasteiger partial charge < -0.3 is 5.32 Å². The Morgan fingerprint density at radius 1 is 1.48 bits per heavy atom. The minimum Gasteiger partial charge on any atom is -0.349 e. The van der Waals surface area contributed by atoms with E-state index in [4.69, 9.17) is 0 Å². The average molecular weight is 317 g/mol. The molecule has 1 N–H and O–H groups in total. The van der Waals surface area contributed by atoms with Crippen LogP contribution in [0.3, 0.4) is 0 Å². The van der Waals surface area contributed by atoms with E-state index < -0.39 is 0 Å². The van der Waals surface area contributed by atoms with E-state index >= 15 is 0 Å². The number of nitrogens with one attached hydrogen (secondary N) is 1. The Bertz CT molecular complexity index is 667. The SMILES string of the molecule is Cc1csc(C(=O)NCC(c2ccsc2)n2cccn2)c1. The van der Waals surface area contributed by atoms with Crippen LogP contribution < -0.4 is 5.32 Å². The fourth-order valence-corrected chi connectivity index (χ4v) is 3.64. The fourth-order valence-electron chi connectivity index (χ4n) is 2.12. The van der Waals surface area contributed by atoms with E-state index in [0.717, 1.165) is 16.0 Å². The van der Waals surface area contributed by atoms with Crippen molar-refractivity contribution in [3.8, 4) is 0 Å². The summed E-state index contributed by atoms with van der Waals surface area (Å²) in [6.07, 6.45) is 3.67. The summed E-state index contributed by atoms with van der Waals surface area (Å²) in [5.74, 6) is -0.0273. The number of carbonyl (C=O) groups is 1. The number of aryl methyl sites for hydroxylation is 1. The molecule has 0 radical (unpaired) electrons. The van der Waals surface area contributed by atoms with Crippen molar-refractivity contribution in [1.82, 2.24) is 15.1 Å². The first-order valence-electron chi connectivity index (χ1n) is 6.58. The van der Waals surface area contributed by atoms with Crippen molar-refractivity contribution >= 4 is 28.6 Å². The molecule has 108 valence electrons. The quantitative estimate of drug-likeness (QED) is 0.784. The van der Waals surface area contributed by atoms with E-state index in [1.54, 1.807) is 17.5 Å². The Morgan fingerprint density at radius 3 is 3.00 bits per heavy atom. The summed E-state index contributed by atoms with van der Waals surface area (Å²) in [6.45, 7) is 2.51. The largest absolute Gasteiger partial charge is 0.349 e. The summed E-state index contributed by atoms with van der Waals surface area (Å²) >= 11 is 3.12. The highest BCUT2D eigenvalue weighted by molar-refractivity contribution is 7.12. The lowest BCUT2D eigenvalue weighted by Crippen LogP contribution is -2.31. The number of rotatable bonds is 5. The van der Waals surface area contributed by atoms with E-state index in [1.165, 1.54) is 11.3 Å². The second-order valence-corrected chi connectivity index (χ2v) is 6.45. The molecule has 0 spiro atoms. The van der Waals surface area contributed by atoms with Gasteiger partial charge in [-0.2, -0.15) is 16.4 Å². The van der Waals surface area contributed by atoms with E-state index in [1.807, 2.05) is 40.7 Å². The van der Waals surface area contributed by atoms with Crippen molar-refractivity contribution in [3.63, 3.8) is 0 Å². The van der Waals surface area contributed by atoms with Crippen LogP contribution in [0.2, 0.25) is 0 Å². The van der Waals surface area contributed by atoms with Crippen molar-refractivity contribution in [3.05, 3.63) is 62.7 Å². The maximum atomic E-state index is 12.2. The van der Waals surface area contributed by atoms with Gasteiger partial charge in [0.1, 0.15) is 0 Å². The van der Waals surface area contributed by atoms with Crippen LogP contribution in [0.5, 0.6) is 0 Å². The summed E-state index contributed by atoms with van der Waals surface area (Å²) < 4.78 is 1.88. The van der Waals surface area contributed by atoms with Gasteiger partial charge in [0.05, 0.1) is 10.9 Å². The van der Waals surface area contributed by atoms with Crippen LogP contribution in [-0.2, 0) is 0 Å². The maximum Gasteiger partial charge on any atom is 0.261 e. The van der Waals surface area contributed by atoms with E-state index in [9.17, 15) is 4.79 Å². The van der Waals surface area contributed by atoms with Crippen molar-refractivity contribution < 1.29 is 4.79 Å². The van der Waals surface area contributed by atoms with Crippen LogP contribution in [0.1, 0.15) is 26.8 Å². The number of amides is 1. The number of carbonyl (C=O) groups excluding carboxylic acids is 1. The minimum absolute atomic E-state index is 0.0243. The molecule has 21 heavy (non-hydrogen) atoms. The Hall–Kier alpha value is -1.92. The van der Waals surface area contributed by atoms with Gasteiger partial charge in [0, 0.05) is 18.9 Å². The lowest BCUT2D eigenvalue weighted by Gasteiger charge is -2.17. The Balaban J connectivity index is 1.72. The molecule has 1 amide bonds. The predicted molar refractivity (Wildman–Crippen MR) is 86.1 cm³/mol. The van der Waals surface area contributed by atoms with Crippen molar-refractivity contribution in [2.45, 2.75) is 13.0 Å². The fraction of sp³-hybridized carbons (Fsp3) is 0.200. The monoisotopic (exact) mass is 317 g/mol. The van der Waals surface area contributed by atoms with Gasteiger partial charge in [-0.3, -0.25) is 9.48 Å². The second-order valence-electron chi connectivity index (χ2n) is 4.76. The number of hydrogen-bond acceptors (Lipinski definition) is 4. The first-order valence-corrected chi connectivity index (χ1v) is 8.41. The summed E-state index contributed by atoms with van der Waals surface area (Å²) in [5, 5.41) is 13.4. The molecular weight excluding hydrogens is 302 g/mol. The molecule has 1 atom stereocenters. The van der Waals surface area contributed by atoms with Crippen LogP contribution in [0.25, 0.3) is 0 Å². The minimum atomic E-state index is -0.0273. The summed E-state index contributed by atoms with van der Waals surface area (Å²) in [4.78, 5) is 12.9. The lowest BCUT2D eigenvalue weighted by molar-refractivity contribution is 0.0953. The van der Waals surface area contributed by atoms with Gasteiger partial charge in [0.2, 0.25) is 0 Å². The van der Waals surface area contributed by atoms with Gasteiger partial charge in [0.15, 0.2) is 0 Å². The first-order chi connectivity index (χ1) is 10.2. The molecule has 3 aromatic heterocycles. The molecule has 3 aromatic rings. The molecule has 0 aliphatic heterocycles. The van der Waals surface area contributed by atoms with E-state index in [0.29, 0.717) is 6.54 Å². The number of thiophene rings is 2. The predicted octanol–water partition coefficient (Wildman–Crippen LogP) is 3.33. The van der Waals surface area contributed by atoms with E-state index in [-0.39, 0.29) is 11.9 Å². The molecule has 3 rings (SSSR count). The smallest absolute Gasteiger partial charge is 0.261 e. The number of hydrogen-bond donors (Lipinski definition) is 1. The topological polar surface area (TPSA) is 46.9 Å². The van der Waals surface area contributed by atoms with Crippen molar-refractivity contribution in [2.24, 2.45) is 0 Å². The molecule has 0 aliphatic rings. The first kappa shape index (κ1) is 14.0. The normalized spacial score (nSPS) is 12.2. The van der Waals surface area contributed by atoms with Gasteiger partial charge in [0.25, 0.3) is 5.91 Å². The molecule has 1 unspecified atom stereocenters. The second kappa shape index (κ2) is 6.24. The average Bonchev–Trinajstić information content (AvgIpc) is 3.21. The molecule has 0 bridgehead atoms. The molecule has 0 saturated heterocycles. The lowest BCUT2D eigenvalue weighted by atomic mass is 10.1. The third-order valence-electron chi connectivity index (χ3n) is 3.18. The highest BCUT2D eigenvalue weighted by atomic mass is 32.1. The van der Waals surface area contributed by atoms with Crippen molar-refractivity contribution in [2.75, 3.05) is 6.54 Å². The zero-order valence-electron chi connectivity index (χ0n) is 11.5. The Morgan fingerprint density at radius 2 is 2.38 bits per heavy atom. The molecule has 6 heteroatoms. The highest BCUT2D eigenvalue weighted by Crippen LogP contribution is 2.20. The van der Waals surface area contributed by atoms with Crippen LogP contribution in [0, 0.1) is 6.92 Å². The van der Waals surface area contributed by atoms with Gasteiger partial charge in [-0.15, -0.1) is 11.3 Å². The highest BCUT2D eigenvalue weighted by Gasteiger charge is 2.16. The van der Waals surface area contributed by atoms with Gasteiger partial charge in [-0.25, -0.2) is 0 Å². The third-order valence-corrected chi connectivity index (χ3v) is 4.93. The molecule has 0 saturated carbocycles. The molecular formula is C15H15N3OS2. The molecule has 0 aromatic carbocycles. The Kier molecular flexibility index (Phi) is 4.17. The van der Waals surface area contributed by atoms with Crippen LogP contribution in [0.4, 0.5) is 0 Å². The molecule has 0 fully saturated rings. The zero-order valence-corrected chi connectivity index (χ0v) is 13.2. The van der Waals surface area contributed by atoms with Crippen molar-refractivity contribution in [1.29, 1.82) is 0 Å². The van der Waals surface area contributed by atoms with Crippen LogP contribution in [0.15, 0.2) is 46.7 Å². The number of aromatic nitrogens is 2. The summed E-state index contributed by atoms with van der Waals surface area (Å²) in [5.41, 5.74) is 2.28. The molecule has 4 nitrogen and oxygen atoms in total. The Labute approximate surface area is 131 Å². The van der Waals surface area contributed by atoms with E-state index in [2.05, 4.69) is 21.9 Å².